The number of amides is 2. The maximum absolute atomic E-state index is 12.3. The molecule has 5 heteroatoms. The largest absolute Gasteiger partial charge is 0.481 e. The lowest BCUT2D eigenvalue weighted by molar-refractivity contribution is -0.143. The van der Waals surface area contributed by atoms with Crippen LogP contribution >= 0.6 is 0 Å². The summed E-state index contributed by atoms with van der Waals surface area (Å²) in [6.45, 7) is 5.41. The first-order valence-corrected chi connectivity index (χ1v) is 7.68. The van der Waals surface area contributed by atoms with Crippen LogP contribution in [0.4, 0.5) is 4.79 Å². The number of aliphatic carboxylic acids is 1. The van der Waals surface area contributed by atoms with Gasteiger partial charge in [-0.1, -0.05) is 26.7 Å². The zero-order valence-electron chi connectivity index (χ0n) is 12.5. The van der Waals surface area contributed by atoms with Crippen LogP contribution in [0.25, 0.3) is 0 Å². The van der Waals surface area contributed by atoms with Crippen LogP contribution in [0.1, 0.15) is 52.4 Å². The number of rotatable bonds is 2. The summed E-state index contributed by atoms with van der Waals surface area (Å²) < 4.78 is 0. The second-order valence-corrected chi connectivity index (χ2v) is 6.86. The number of carbonyl (C=O) groups is 2. The van der Waals surface area contributed by atoms with E-state index in [1.807, 2.05) is 0 Å². The molecule has 1 heterocycles. The number of carbonyl (C=O) groups excluding carboxylic acids is 1. The van der Waals surface area contributed by atoms with Crippen LogP contribution in [-0.2, 0) is 4.79 Å². The van der Waals surface area contributed by atoms with E-state index in [9.17, 15) is 9.59 Å². The summed E-state index contributed by atoms with van der Waals surface area (Å²) in [6, 6.07) is 0.116. The van der Waals surface area contributed by atoms with Gasteiger partial charge in [0.1, 0.15) is 0 Å². The van der Waals surface area contributed by atoms with Crippen LogP contribution < -0.4 is 5.32 Å². The molecule has 2 fully saturated rings. The van der Waals surface area contributed by atoms with E-state index in [0.717, 1.165) is 25.7 Å². The number of likely N-dealkylation sites (tertiary alicyclic amines) is 1. The van der Waals surface area contributed by atoms with E-state index in [2.05, 4.69) is 19.2 Å². The Hall–Kier alpha value is -1.26. The molecule has 1 saturated heterocycles. The minimum Gasteiger partial charge on any atom is -0.481 e. The molecule has 5 nitrogen and oxygen atoms in total. The predicted molar refractivity (Wildman–Crippen MR) is 76.5 cm³/mol. The van der Waals surface area contributed by atoms with Crippen molar-refractivity contribution in [3.05, 3.63) is 0 Å². The fraction of sp³-hybridized carbons (Fsp3) is 0.867. The summed E-state index contributed by atoms with van der Waals surface area (Å²) >= 11 is 0. The molecule has 1 aliphatic carbocycles. The molecule has 2 amide bonds. The number of nitrogens with zero attached hydrogens (tertiary/aromatic N) is 1. The van der Waals surface area contributed by atoms with Crippen molar-refractivity contribution in [2.45, 2.75) is 58.4 Å². The Bertz CT molecular complexity index is 381. The fourth-order valence-corrected chi connectivity index (χ4v) is 3.37. The molecule has 1 aliphatic heterocycles. The molecule has 2 atom stereocenters. The zero-order chi connectivity index (χ0) is 14.8. The van der Waals surface area contributed by atoms with Crippen molar-refractivity contribution in [2.24, 2.45) is 11.3 Å². The number of carboxylic acid groups (broad SMARTS) is 1. The molecular formula is C15H26N2O3. The minimum atomic E-state index is -0.791. The van der Waals surface area contributed by atoms with Crippen LogP contribution in [0.15, 0.2) is 0 Å². The molecule has 114 valence electrons. The summed E-state index contributed by atoms with van der Waals surface area (Å²) in [5.41, 5.74) is 0.135. The number of hydrogen-bond donors (Lipinski definition) is 2. The van der Waals surface area contributed by atoms with Crippen molar-refractivity contribution in [1.82, 2.24) is 10.2 Å². The molecule has 2 rings (SSSR count). The van der Waals surface area contributed by atoms with Gasteiger partial charge in [0.25, 0.3) is 0 Å². The second kappa shape index (κ2) is 6.02. The van der Waals surface area contributed by atoms with Gasteiger partial charge in [-0.15, -0.1) is 0 Å². The van der Waals surface area contributed by atoms with E-state index < -0.39 is 11.9 Å². The first-order chi connectivity index (χ1) is 9.40. The van der Waals surface area contributed by atoms with E-state index in [1.54, 1.807) is 4.90 Å². The Labute approximate surface area is 120 Å². The first-order valence-electron chi connectivity index (χ1n) is 7.68. The lowest BCUT2D eigenvalue weighted by Gasteiger charge is -2.40. The summed E-state index contributed by atoms with van der Waals surface area (Å²) in [4.78, 5) is 25.1. The van der Waals surface area contributed by atoms with Crippen molar-refractivity contribution < 1.29 is 14.7 Å². The predicted octanol–water partition coefficient (Wildman–Crippen LogP) is 2.46. The van der Waals surface area contributed by atoms with E-state index in [4.69, 9.17) is 5.11 Å². The topological polar surface area (TPSA) is 69.6 Å². The van der Waals surface area contributed by atoms with Crippen LogP contribution in [-0.4, -0.2) is 41.1 Å². The normalized spacial score (nSPS) is 29.8. The van der Waals surface area contributed by atoms with Crippen molar-refractivity contribution in [2.75, 3.05) is 13.1 Å². The molecule has 20 heavy (non-hydrogen) atoms. The van der Waals surface area contributed by atoms with Gasteiger partial charge in [-0.25, -0.2) is 4.79 Å². The number of hydrogen-bond acceptors (Lipinski definition) is 2. The van der Waals surface area contributed by atoms with Crippen molar-refractivity contribution >= 4 is 12.0 Å². The smallest absolute Gasteiger partial charge is 0.317 e. The number of piperidine rings is 1. The van der Waals surface area contributed by atoms with E-state index in [1.165, 1.54) is 6.42 Å². The lowest BCUT2D eigenvalue weighted by atomic mass is 9.73. The molecule has 1 saturated carbocycles. The number of nitrogens with one attached hydrogen (secondary N) is 1. The minimum absolute atomic E-state index is 0.0871. The van der Waals surface area contributed by atoms with Crippen LogP contribution in [0.5, 0.6) is 0 Å². The average Bonchev–Trinajstić information content (AvgIpc) is 2.41. The Kier molecular flexibility index (Phi) is 4.55. The molecule has 0 spiro atoms. The maximum atomic E-state index is 12.3. The van der Waals surface area contributed by atoms with E-state index in [0.29, 0.717) is 19.5 Å². The SMILES string of the molecule is CC1(C)CCCCC1NC(=O)N1CCC[C@@H](C(=O)O)C1. The summed E-state index contributed by atoms with van der Waals surface area (Å²) in [6.07, 6.45) is 5.99. The average molecular weight is 282 g/mol. The Morgan fingerprint density at radius 1 is 1.20 bits per heavy atom. The highest BCUT2D eigenvalue weighted by molar-refractivity contribution is 5.76. The third-order valence-electron chi connectivity index (χ3n) is 4.86. The Balaban J connectivity index is 1.92. The summed E-state index contributed by atoms with van der Waals surface area (Å²) in [5, 5.41) is 12.2. The van der Waals surface area contributed by atoms with Gasteiger partial charge in [0.15, 0.2) is 0 Å². The third-order valence-corrected chi connectivity index (χ3v) is 4.86. The third kappa shape index (κ3) is 3.44. The first kappa shape index (κ1) is 15.1. The second-order valence-electron chi connectivity index (χ2n) is 6.86. The van der Waals surface area contributed by atoms with Gasteiger partial charge in [-0.2, -0.15) is 0 Å². The van der Waals surface area contributed by atoms with Crippen LogP contribution in [0, 0.1) is 11.3 Å². The molecule has 1 unspecified atom stereocenters. The Morgan fingerprint density at radius 3 is 2.60 bits per heavy atom. The summed E-state index contributed by atoms with van der Waals surface area (Å²) in [7, 11) is 0. The van der Waals surface area contributed by atoms with E-state index in [-0.39, 0.29) is 17.5 Å². The van der Waals surface area contributed by atoms with Gasteiger partial charge >= 0.3 is 12.0 Å². The highest BCUT2D eigenvalue weighted by atomic mass is 16.4. The standard InChI is InChI=1S/C15H26N2O3/c1-15(2)8-4-3-7-12(15)16-14(20)17-9-5-6-11(10-17)13(18)19/h11-12H,3-10H2,1-2H3,(H,16,20)(H,18,19)/t11-,12?/m1/s1. The van der Waals surface area contributed by atoms with Crippen molar-refractivity contribution in [3.8, 4) is 0 Å². The summed E-state index contributed by atoms with van der Waals surface area (Å²) in [5.74, 6) is -1.20. The molecule has 0 aromatic rings. The highest BCUT2D eigenvalue weighted by Gasteiger charge is 2.35. The molecule has 0 aromatic carbocycles. The lowest BCUT2D eigenvalue weighted by Crippen LogP contribution is -2.53. The van der Waals surface area contributed by atoms with Gasteiger partial charge in [-0.3, -0.25) is 4.79 Å². The van der Waals surface area contributed by atoms with Gasteiger partial charge in [0, 0.05) is 19.1 Å². The maximum Gasteiger partial charge on any atom is 0.317 e. The van der Waals surface area contributed by atoms with Crippen LogP contribution in [0.2, 0.25) is 0 Å². The van der Waals surface area contributed by atoms with Crippen molar-refractivity contribution in [1.29, 1.82) is 0 Å². The quantitative estimate of drug-likeness (QED) is 0.817. The molecule has 0 aromatic heterocycles. The number of carboxylic acids is 1. The molecule has 0 bridgehead atoms. The van der Waals surface area contributed by atoms with Gasteiger partial charge in [-0.05, 0) is 31.1 Å². The molecular weight excluding hydrogens is 256 g/mol. The molecule has 0 radical (unpaired) electrons. The Morgan fingerprint density at radius 2 is 1.95 bits per heavy atom. The van der Waals surface area contributed by atoms with Gasteiger partial charge < -0.3 is 15.3 Å². The van der Waals surface area contributed by atoms with Gasteiger partial charge in [0.05, 0.1) is 5.92 Å². The van der Waals surface area contributed by atoms with Crippen molar-refractivity contribution in [3.63, 3.8) is 0 Å². The monoisotopic (exact) mass is 282 g/mol. The van der Waals surface area contributed by atoms with Crippen LogP contribution in [0.3, 0.4) is 0 Å². The fourth-order valence-electron chi connectivity index (χ4n) is 3.37. The molecule has 2 N–H and O–H groups in total. The van der Waals surface area contributed by atoms with E-state index >= 15 is 0 Å². The molecule has 2 aliphatic rings. The van der Waals surface area contributed by atoms with Gasteiger partial charge in [0.2, 0.25) is 0 Å². The zero-order valence-corrected chi connectivity index (χ0v) is 12.5. The number of urea groups is 1. The highest BCUT2D eigenvalue weighted by Crippen LogP contribution is 2.35.